The molecule has 126 valence electrons. The zero-order valence-corrected chi connectivity index (χ0v) is 15.2. The lowest BCUT2D eigenvalue weighted by Crippen LogP contribution is -2.34. The van der Waals surface area contributed by atoms with Crippen LogP contribution in [0.4, 0.5) is 11.4 Å². The fraction of sp³-hybridized carbons (Fsp3) is 0.588. The van der Waals surface area contributed by atoms with Gasteiger partial charge in [0.05, 0.1) is 10.6 Å². The standard InChI is InChI=1S/C17H25N3O2S/c1-5-7-10-19-14(6-2)11-23-17(19)18-15-8-9-16(20(21)22)13(4)12(15)3/h8-9,14H,5-7,10-11H2,1-4H3. The lowest BCUT2D eigenvalue weighted by Gasteiger charge is -2.25. The molecule has 2 rings (SSSR count). The largest absolute Gasteiger partial charge is 0.347 e. The van der Waals surface area contributed by atoms with E-state index in [4.69, 9.17) is 4.99 Å². The molecule has 0 radical (unpaired) electrons. The highest BCUT2D eigenvalue weighted by atomic mass is 32.2. The summed E-state index contributed by atoms with van der Waals surface area (Å²) in [5.41, 5.74) is 2.60. The van der Waals surface area contributed by atoms with Crippen LogP contribution in [0.25, 0.3) is 0 Å². The highest BCUT2D eigenvalue weighted by Crippen LogP contribution is 2.33. The molecule has 0 aliphatic carbocycles. The van der Waals surface area contributed by atoms with Gasteiger partial charge in [-0.1, -0.05) is 32.0 Å². The monoisotopic (exact) mass is 335 g/mol. The van der Waals surface area contributed by atoms with Gasteiger partial charge in [0.1, 0.15) is 0 Å². The molecule has 0 saturated carbocycles. The van der Waals surface area contributed by atoms with Gasteiger partial charge in [-0.05, 0) is 38.3 Å². The quantitative estimate of drug-likeness (QED) is 0.552. The van der Waals surface area contributed by atoms with Crippen molar-refractivity contribution in [3.05, 3.63) is 33.4 Å². The van der Waals surface area contributed by atoms with Crippen molar-refractivity contribution in [1.82, 2.24) is 4.90 Å². The van der Waals surface area contributed by atoms with E-state index in [2.05, 4.69) is 18.7 Å². The van der Waals surface area contributed by atoms with E-state index in [1.807, 2.05) is 6.92 Å². The third-order valence-corrected chi connectivity index (χ3v) is 5.59. The summed E-state index contributed by atoms with van der Waals surface area (Å²) < 4.78 is 0. The molecule has 1 aliphatic rings. The van der Waals surface area contributed by atoms with E-state index in [1.165, 1.54) is 6.42 Å². The number of nitro groups is 1. The number of aliphatic imine (C=N–C) groups is 1. The third-order valence-electron chi connectivity index (χ3n) is 4.46. The molecule has 1 saturated heterocycles. The fourth-order valence-electron chi connectivity index (χ4n) is 2.76. The van der Waals surface area contributed by atoms with Crippen molar-refractivity contribution in [3.8, 4) is 0 Å². The third kappa shape index (κ3) is 3.86. The molecule has 0 spiro atoms. The van der Waals surface area contributed by atoms with Crippen molar-refractivity contribution in [2.24, 2.45) is 4.99 Å². The first-order valence-corrected chi connectivity index (χ1v) is 9.20. The second kappa shape index (κ2) is 7.81. The number of amidine groups is 1. The minimum atomic E-state index is -0.329. The van der Waals surface area contributed by atoms with E-state index in [1.54, 1.807) is 30.8 Å². The molecule has 5 nitrogen and oxygen atoms in total. The molecule has 1 unspecified atom stereocenters. The van der Waals surface area contributed by atoms with Gasteiger partial charge >= 0.3 is 0 Å². The van der Waals surface area contributed by atoms with Crippen LogP contribution in [0.1, 0.15) is 44.2 Å². The van der Waals surface area contributed by atoms with E-state index in [9.17, 15) is 10.1 Å². The number of benzene rings is 1. The van der Waals surface area contributed by atoms with Crippen molar-refractivity contribution >= 4 is 28.3 Å². The second-order valence-corrected chi connectivity index (χ2v) is 6.91. The molecule has 1 fully saturated rings. The summed E-state index contributed by atoms with van der Waals surface area (Å²) in [5.74, 6) is 1.07. The maximum Gasteiger partial charge on any atom is 0.272 e. The van der Waals surface area contributed by atoms with Crippen LogP contribution >= 0.6 is 11.8 Å². The lowest BCUT2D eigenvalue weighted by atomic mass is 10.1. The van der Waals surface area contributed by atoms with Crippen LogP contribution in [0.5, 0.6) is 0 Å². The average molecular weight is 335 g/mol. The molecule has 0 bridgehead atoms. The number of thioether (sulfide) groups is 1. The topological polar surface area (TPSA) is 58.7 Å². The Morgan fingerprint density at radius 2 is 2.09 bits per heavy atom. The van der Waals surface area contributed by atoms with Gasteiger partial charge in [0, 0.05) is 30.0 Å². The molecule has 1 aliphatic heterocycles. The minimum Gasteiger partial charge on any atom is -0.347 e. The smallest absolute Gasteiger partial charge is 0.272 e. The summed E-state index contributed by atoms with van der Waals surface area (Å²) in [4.78, 5) is 18.0. The van der Waals surface area contributed by atoms with Crippen LogP contribution in [0.2, 0.25) is 0 Å². The number of rotatable bonds is 6. The summed E-state index contributed by atoms with van der Waals surface area (Å²) >= 11 is 1.80. The van der Waals surface area contributed by atoms with Gasteiger partial charge in [0.15, 0.2) is 5.17 Å². The molecule has 23 heavy (non-hydrogen) atoms. The summed E-state index contributed by atoms with van der Waals surface area (Å²) in [6.07, 6.45) is 3.45. The van der Waals surface area contributed by atoms with Crippen molar-refractivity contribution in [1.29, 1.82) is 0 Å². The molecule has 1 aromatic carbocycles. The van der Waals surface area contributed by atoms with Crippen LogP contribution in [-0.4, -0.2) is 33.3 Å². The van der Waals surface area contributed by atoms with E-state index >= 15 is 0 Å². The van der Waals surface area contributed by atoms with Crippen molar-refractivity contribution < 1.29 is 4.92 Å². The Bertz CT molecular complexity index is 616. The molecule has 0 N–H and O–H groups in total. The molecule has 0 aromatic heterocycles. The van der Waals surface area contributed by atoms with E-state index < -0.39 is 0 Å². The summed E-state index contributed by atoms with van der Waals surface area (Å²) in [6.45, 7) is 9.16. The number of hydrogen-bond acceptors (Lipinski definition) is 4. The Hall–Kier alpha value is -1.56. The number of nitro benzene ring substituents is 1. The van der Waals surface area contributed by atoms with Gasteiger partial charge in [0.2, 0.25) is 0 Å². The van der Waals surface area contributed by atoms with Gasteiger partial charge in [-0.2, -0.15) is 0 Å². The van der Waals surface area contributed by atoms with Crippen LogP contribution in [0.15, 0.2) is 17.1 Å². The summed E-state index contributed by atoms with van der Waals surface area (Å²) in [5, 5.41) is 12.1. The normalized spacial score (nSPS) is 19.6. The molecule has 1 aromatic rings. The molecule has 6 heteroatoms. The molecular formula is C17H25N3O2S. The Labute approximate surface area is 142 Å². The van der Waals surface area contributed by atoms with Crippen molar-refractivity contribution in [2.45, 2.75) is 53.0 Å². The van der Waals surface area contributed by atoms with Gasteiger partial charge in [-0.3, -0.25) is 10.1 Å². The fourth-order valence-corrected chi connectivity index (χ4v) is 4.08. The Morgan fingerprint density at radius 1 is 1.35 bits per heavy atom. The average Bonchev–Trinajstić information content (AvgIpc) is 2.91. The van der Waals surface area contributed by atoms with Crippen LogP contribution in [0, 0.1) is 24.0 Å². The number of nitrogens with zero attached hydrogens (tertiary/aromatic N) is 3. The first kappa shape index (κ1) is 17.8. The zero-order valence-electron chi connectivity index (χ0n) is 14.3. The second-order valence-electron chi connectivity index (χ2n) is 5.93. The molecular weight excluding hydrogens is 310 g/mol. The predicted molar refractivity (Wildman–Crippen MR) is 97.8 cm³/mol. The Kier molecular flexibility index (Phi) is 6.04. The predicted octanol–water partition coefficient (Wildman–Crippen LogP) is 4.83. The van der Waals surface area contributed by atoms with Crippen molar-refractivity contribution in [3.63, 3.8) is 0 Å². The summed E-state index contributed by atoms with van der Waals surface area (Å²) in [6, 6.07) is 3.88. The molecule has 1 heterocycles. The van der Waals surface area contributed by atoms with Crippen molar-refractivity contribution in [2.75, 3.05) is 12.3 Å². The maximum absolute atomic E-state index is 11.0. The van der Waals surface area contributed by atoms with Crippen LogP contribution < -0.4 is 0 Å². The highest BCUT2D eigenvalue weighted by molar-refractivity contribution is 8.14. The highest BCUT2D eigenvalue weighted by Gasteiger charge is 2.28. The number of unbranched alkanes of at least 4 members (excludes halogenated alkanes) is 1. The minimum absolute atomic E-state index is 0.166. The number of hydrogen-bond donors (Lipinski definition) is 0. The van der Waals surface area contributed by atoms with Gasteiger partial charge in [0.25, 0.3) is 5.69 Å². The summed E-state index contributed by atoms with van der Waals surface area (Å²) in [7, 11) is 0. The van der Waals surface area contributed by atoms with Gasteiger partial charge in [-0.15, -0.1) is 0 Å². The SMILES string of the molecule is CCCCN1C(=Nc2ccc([N+](=O)[O-])c(C)c2C)SCC1CC. The van der Waals surface area contributed by atoms with Gasteiger partial charge in [-0.25, -0.2) is 4.99 Å². The van der Waals surface area contributed by atoms with E-state index in [0.717, 1.165) is 41.6 Å². The Balaban J connectivity index is 2.33. The van der Waals surface area contributed by atoms with E-state index in [-0.39, 0.29) is 10.6 Å². The maximum atomic E-state index is 11.0. The lowest BCUT2D eigenvalue weighted by molar-refractivity contribution is -0.385. The molecule has 0 amide bonds. The van der Waals surface area contributed by atoms with E-state index in [0.29, 0.717) is 11.6 Å². The molecule has 1 atom stereocenters. The van der Waals surface area contributed by atoms with Crippen LogP contribution in [0.3, 0.4) is 0 Å². The Morgan fingerprint density at radius 3 is 2.70 bits per heavy atom. The van der Waals surface area contributed by atoms with Crippen LogP contribution in [-0.2, 0) is 0 Å². The van der Waals surface area contributed by atoms with Gasteiger partial charge < -0.3 is 4.90 Å². The first-order chi connectivity index (χ1) is 11.0. The zero-order chi connectivity index (χ0) is 17.0. The first-order valence-electron chi connectivity index (χ1n) is 8.22.